The predicted octanol–water partition coefficient (Wildman–Crippen LogP) is 3.03. The number of carbonyl (C=O) groups is 1. The van der Waals surface area contributed by atoms with Crippen molar-refractivity contribution in [3.05, 3.63) is 71.5 Å². The van der Waals surface area contributed by atoms with Gasteiger partial charge in [0.25, 0.3) is 0 Å². The SMILES string of the molecule is Cc1ccc(CC2CN(C(=O)NCc3cnn4ccccc34)C2)cc1. The zero-order valence-corrected chi connectivity index (χ0v) is 14.4. The Morgan fingerprint density at radius 3 is 2.80 bits per heavy atom. The van der Waals surface area contributed by atoms with Crippen LogP contribution in [0.1, 0.15) is 16.7 Å². The van der Waals surface area contributed by atoms with Crippen LogP contribution in [0.5, 0.6) is 0 Å². The number of benzene rings is 1. The van der Waals surface area contributed by atoms with Crippen molar-refractivity contribution in [2.24, 2.45) is 5.92 Å². The van der Waals surface area contributed by atoms with Crippen LogP contribution < -0.4 is 5.32 Å². The number of hydrogen-bond donors (Lipinski definition) is 1. The van der Waals surface area contributed by atoms with Crippen molar-refractivity contribution in [3.8, 4) is 0 Å². The Labute approximate surface area is 147 Å². The number of pyridine rings is 1. The highest BCUT2D eigenvalue weighted by atomic mass is 16.2. The number of rotatable bonds is 4. The lowest BCUT2D eigenvalue weighted by molar-refractivity contribution is 0.120. The van der Waals surface area contributed by atoms with Crippen LogP contribution in [0.15, 0.2) is 54.9 Å². The minimum Gasteiger partial charge on any atom is -0.334 e. The van der Waals surface area contributed by atoms with Crippen molar-refractivity contribution < 1.29 is 4.79 Å². The first-order valence-electron chi connectivity index (χ1n) is 8.68. The van der Waals surface area contributed by atoms with Crippen LogP contribution in [0.25, 0.3) is 5.52 Å². The van der Waals surface area contributed by atoms with Crippen molar-refractivity contribution in [1.82, 2.24) is 19.8 Å². The fourth-order valence-electron chi connectivity index (χ4n) is 3.33. The number of nitrogens with zero attached hydrogens (tertiary/aromatic N) is 3. The third-order valence-electron chi connectivity index (χ3n) is 4.83. The molecule has 0 spiro atoms. The molecule has 0 bridgehead atoms. The molecule has 1 saturated heterocycles. The van der Waals surface area contributed by atoms with Crippen molar-refractivity contribution in [3.63, 3.8) is 0 Å². The van der Waals surface area contributed by atoms with Crippen molar-refractivity contribution in [2.45, 2.75) is 19.9 Å². The summed E-state index contributed by atoms with van der Waals surface area (Å²) in [5.74, 6) is 0.561. The normalized spacial score (nSPS) is 14.5. The summed E-state index contributed by atoms with van der Waals surface area (Å²) < 4.78 is 1.82. The largest absolute Gasteiger partial charge is 0.334 e. The van der Waals surface area contributed by atoms with Gasteiger partial charge in [-0.15, -0.1) is 0 Å². The molecule has 128 valence electrons. The number of nitrogens with one attached hydrogen (secondary N) is 1. The smallest absolute Gasteiger partial charge is 0.317 e. The van der Waals surface area contributed by atoms with Crippen molar-refractivity contribution >= 4 is 11.5 Å². The number of carbonyl (C=O) groups excluding carboxylic acids is 1. The zero-order valence-electron chi connectivity index (χ0n) is 14.4. The van der Waals surface area contributed by atoms with Crippen molar-refractivity contribution in [1.29, 1.82) is 0 Å². The lowest BCUT2D eigenvalue weighted by Gasteiger charge is -2.39. The molecule has 1 N–H and O–H groups in total. The van der Waals surface area contributed by atoms with Gasteiger partial charge in [0, 0.05) is 31.4 Å². The maximum Gasteiger partial charge on any atom is 0.317 e. The van der Waals surface area contributed by atoms with Crippen LogP contribution in [-0.2, 0) is 13.0 Å². The standard InChI is InChI=1S/C20H22N4O/c1-15-5-7-16(8-6-15)10-17-13-23(14-17)20(25)21-11-18-12-22-24-9-3-2-4-19(18)24/h2-9,12,17H,10-11,13-14H2,1H3,(H,21,25). The van der Waals surface area contributed by atoms with Gasteiger partial charge >= 0.3 is 6.03 Å². The molecule has 3 heterocycles. The molecule has 2 amide bonds. The molecule has 0 aliphatic carbocycles. The molecule has 1 fully saturated rings. The first-order chi connectivity index (χ1) is 12.2. The zero-order chi connectivity index (χ0) is 17.2. The number of hydrogen-bond acceptors (Lipinski definition) is 2. The van der Waals surface area contributed by atoms with E-state index < -0.39 is 0 Å². The van der Waals surface area contributed by atoms with E-state index in [1.165, 1.54) is 11.1 Å². The fraction of sp³-hybridized carbons (Fsp3) is 0.300. The third kappa shape index (κ3) is 3.36. The van der Waals surface area contributed by atoms with Gasteiger partial charge in [-0.3, -0.25) is 0 Å². The summed E-state index contributed by atoms with van der Waals surface area (Å²) in [6.45, 7) is 4.26. The molecule has 0 atom stereocenters. The van der Waals surface area contributed by atoms with E-state index in [0.29, 0.717) is 12.5 Å². The summed E-state index contributed by atoms with van der Waals surface area (Å²) in [6, 6.07) is 14.6. The Hall–Kier alpha value is -2.82. The second kappa shape index (κ2) is 6.59. The minimum absolute atomic E-state index is 0.00966. The third-order valence-corrected chi connectivity index (χ3v) is 4.83. The summed E-state index contributed by atoms with van der Waals surface area (Å²) in [7, 11) is 0. The molecule has 25 heavy (non-hydrogen) atoms. The molecule has 5 heteroatoms. The summed E-state index contributed by atoms with van der Waals surface area (Å²) >= 11 is 0. The average Bonchev–Trinajstić information content (AvgIpc) is 3.00. The van der Waals surface area contributed by atoms with Crippen LogP contribution >= 0.6 is 0 Å². The Bertz CT molecular complexity index is 878. The topological polar surface area (TPSA) is 49.6 Å². The van der Waals surface area contributed by atoms with Crippen LogP contribution in [0.2, 0.25) is 0 Å². The van der Waals surface area contributed by atoms with Crippen LogP contribution in [0, 0.1) is 12.8 Å². The molecule has 1 aliphatic heterocycles. The minimum atomic E-state index is 0.00966. The first kappa shape index (κ1) is 15.7. The molecule has 4 rings (SSSR count). The number of urea groups is 1. The number of aromatic nitrogens is 2. The van der Waals surface area contributed by atoms with E-state index in [-0.39, 0.29) is 6.03 Å². The molecule has 0 unspecified atom stereocenters. The van der Waals surface area contributed by atoms with Gasteiger partial charge in [0.15, 0.2) is 0 Å². The van der Waals surface area contributed by atoms with Crippen molar-refractivity contribution in [2.75, 3.05) is 13.1 Å². The van der Waals surface area contributed by atoms with E-state index in [1.54, 1.807) is 0 Å². The summed E-state index contributed by atoms with van der Waals surface area (Å²) in [5, 5.41) is 7.30. The molecule has 2 aromatic heterocycles. The number of fused-ring (bicyclic) bond motifs is 1. The van der Waals surface area contributed by atoms with Crippen LogP contribution in [-0.4, -0.2) is 33.6 Å². The Kier molecular flexibility index (Phi) is 4.14. The first-order valence-corrected chi connectivity index (χ1v) is 8.68. The highest BCUT2D eigenvalue weighted by Gasteiger charge is 2.30. The van der Waals surface area contributed by atoms with Crippen LogP contribution in [0.4, 0.5) is 4.79 Å². The van der Waals surface area contributed by atoms with Gasteiger partial charge in [0.05, 0.1) is 11.7 Å². The lowest BCUT2D eigenvalue weighted by atomic mass is 9.92. The second-order valence-electron chi connectivity index (χ2n) is 6.82. The molecule has 1 aliphatic rings. The van der Waals surface area contributed by atoms with E-state index in [4.69, 9.17) is 0 Å². The highest BCUT2D eigenvalue weighted by Crippen LogP contribution is 2.21. The summed E-state index contributed by atoms with van der Waals surface area (Å²) in [6.07, 6.45) is 4.76. The molecule has 1 aromatic carbocycles. The molecular weight excluding hydrogens is 312 g/mol. The maximum atomic E-state index is 12.3. The van der Waals surface area contributed by atoms with Gasteiger partial charge in [-0.05, 0) is 37.0 Å². The maximum absolute atomic E-state index is 12.3. The van der Waals surface area contributed by atoms with Gasteiger partial charge in [0.1, 0.15) is 0 Å². The Balaban J connectivity index is 1.26. The number of likely N-dealkylation sites (tertiary alicyclic amines) is 1. The predicted molar refractivity (Wildman–Crippen MR) is 97.4 cm³/mol. The molecule has 5 nitrogen and oxygen atoms in total. The fourth-order valence-corrected chi connectivity index (χ4v) is 3.33. The van der Waals surface area contributed by atoms with Crippen LogP contribution in [0.3, 0.4) is 0 Å². The van der Waals surface area contributed by atoms with E-state index in [1.807, 2.05) is 40.0 Å². The monoisotopic (exact) mass is 334 g/mol. The second-order valence-corrected chi connectivity index (χ2v) is 6.82. The van der Waals surface area contributed by atoms with E-state index in [2.05, 4.69) is 41.6 Å². The quantitative estimate of drug-likeness (QED) is 0.797. The Morgan fingerprint density at radius 1 is 1.20 bits per heavy atom. The van der Waals surface area contributed by atoms with Gasteiger partial charge in [-0.2, -0.15) is 5.10 Å². The molecular formula is C20H22N4O. The van der Waals surface area contributed by atoms with Gasteiger partial charge in [-0.25, -0.2) is 9.31 Å². The highest BCUT2D eigenvalue weighted by molar-refractivity contribution is 5.75. The summed E-state index contributed by atoms with van der Waals surface area (Å²) in [5.41, 5.74) is 4.70. The number of amides is 2. The van der Waals surface area contributed by atoms with Gasteiger partial charge < -0.3 is 10.2 Å². The number of aryl methyl sites for hydroxylation is 1. The molecule has 0 radical (unpaired) electrons. The molecule has 3 aromatic rings. The molecule has 0 saturated carbocycles. The van der Waals surface area contributed by atoms with Gasteiger partial charge in [0.2, 0.25) is 0 Å². The Morgan fingerprint density at radius 2 is 2.00 bits per heavy atom. The van der Waals surface area contributed by atoms with E-state index in [0.717, 1.165) is 30.6 Å². The summed E-state index contributed by atoms with van der Waals surface area (Å²) in [4.78, 5) is 14.2. The van der Waals surface area contributed by atoms with E-state index >= 15 is 0 Å². The van der Waals surface area contributed by atoms with Gasteiger partial charge in [-0.1, -0.05) is 35.9 Å². The average molecular weight is 334 g/mol. The lowest BCUT2D eigenvalue weighted by Crippen LogP contribution is -2.54. The van der Waals surface area contributed by atoms with E-state index in [9.17, 15) is 4.79 Å².